The zero-order chi connectivity index (χ0) is 12.4. The Morgan fingerprint density at radius 3 is 2.19 bits per heavy atom. The fourth-order valence-electron chi connectivity index (χ4n) is 1.22. The molecule has 1 rings (SSSR count). The van der Waals surface area contributed by atoms with Crippen LogP contribution in [-0.4, -0.2) is 33.6 Å². The molecule has 94 valence electrons. The maximum Gasteiger partial charge on any atom is 0.414 e. The number of nitrogens with zero attached hydrogens (tertiary/aromatic N) is 2. The van der Waals surface area contributed by atoms with Gasteiger partial charge in [0.05, 0.1) is 6.61 Å². The molecule has 0 aromatic carbocycles. The topological polar surface area (TPSA) is 52.4 Å². The maximum absolute atomic E-state index is 5.58. The second-order valence-electron chi connectivity index (χ2n) is 5.64. The van der Waals surface area contributed by atoms with Gasteiger partial charge in [-0.3, -0.25) is 4.74 Å². The number of azo groups is 1. The van der Waals surface area contributed by atoms with Crippen LogP contribution in [0.15, 0.2) is 10.2 Å². The Morgan fingerprint density at radius 1 is 1.19 bits per heavy atom. The standard InChI is InChI=1S/C10H22N2O3Si/c1-9(2)11-12-10(13-3,15-9)14-7-8-16(4,5)6/h7-8H2,1-6H3. The fourth-order valence-corrected chi connectivity index (χ4v) is 1.94. The lowest BCUT2D eigenvalue weighted by molar-refractivity contribution is -0.374. The molecule has 0 saturated heterocycles. The summed E-state index contributed by atoms with van der Waals surface area (Å²) in [5.74, 6) is 0. The van der Waals surface area contributed by atoms with Crippen LogP contribution in [0.25, 0.3) is 0 Å². The van der Waals surface area contributed by atoms with Gasteiger partial charge in [0, 0.05) is 15.2 Å². The first-order valence-electron chi connectivity index (χ1n) is 5.51. The van der Waals surface area contributed by atoms with Crippen molar-refractivity contribution in [3.63, 3.8) is 0 Å². The van der Waals surface area contributed by atoms with Crippen molar-refractivity contribution in [2.24, 2.45) is 10.2 Å². The third-order valence-corrected chi connectivity index (χ3v) is 3.89. The Kier molecular flexibility index (Phi) is 3.89. The van der Waals surface area contributed by atoms with Crippen molar-refractivity contribution in [1.29, 1.82) is 0 Å². The third kappa shape index (κ3) is 3.93. The number of rotatable bonds is 5. The van der Waals surface area contributed by atoms with Crippen LogP contribution < -0.4 is 0 Å². The minimum Gasteiger partial charge on any atom is -0.310 e. The number of methoxy groups -OCH3 is 1. The van der Waals surface area contributed by atoms with Gasteiger partial charge in [0.15, 0.2) is 5.72 Å². The van der Waals surface area contributed by atoms with E-state index in [4.69, 9.17) is 14.2 Å². The van der Waals surface area contributed by atoms with E-state index in [1.807, 2.05) is 13.8 Å². The van der Waals surface area contributed by atoms with E-state index in [1.54, 1.807) is 0 Å². The molecular formula is C10H22N2O3Si. The molecule has 1 heterocycles. The minimum atomic E-state index is -1.33. The van der Waals surface area contributed by atoms with E-state index < -0.39 is 19.9 Å². The van der Waals surface area contributed by atoms with Crippen LogP contribution in [0.2, 0.25) is 25.7 Å². The predicted molar refractivity (Wildman–Crippen MR) is 63.9 cm³/mol. The third-order valence-electron chi connectivity index (χ3n) is 2.19. The maximum atomic E-state index is 5.58. The Balaban J connectivity index is 2.48. The van der Waals surface area contributed by atoms with Crippen molar-refractivity contribution < 1.29 is 14.2 Å². The molecule has 1 aliphatic rings. The molecule has 0 N–H and O–H groups in total. The van der Waals surface area contributed by atoms with Crippen molar-refractivity contribution in [3.05, 3.63) is 0 Å². The molecule has 0 radical (unpaired) electrons. The second-order valence-corrected chi connectivity index (χ2v) is 11.3. The van der Waals surface area contributed by atoms with E-state index in [9.17, 15) is 0 Å². The van der Waals surface area contributed by atoms with Gasteiger partial charge in [0.2, 0.25) is 0 Å². The molecule has 0 aliphatic carbocycles. The highest BCUT2D eigenvalue weighted by atomic mass is 28.3. The van der Waals surface area contributed by atoms with Gasteiger partial charge in [-0.25, -0.2) is 0 Å². The van der Waals surface area contributed by atoms with Gasteiger partial charge >= 0.3 is 6.10 Å². The zero-order valence-electron chi connectivity index (χ0n) is 11.0. The molecule has 0 fully saturated rings. The molecule has 1 atom stereocenters. The zero-order valence-corrected chi connectivity index (χ0v) is 12.0. The molecule has 16 heavy (non-hydrogen) atoms. The normalized spacial score (nSPS) is 28.6. The number of hydrogen-bond acceptors (Lipinski definition) is 5. The summed E-state index contributed by atoms with van der Waals surface area (Å²) in [5, 5.41) is 7.90. The average Bonchev–Trinajstić information content (AvgIpc) is 2.41. The highest BCUT2D eigenvalue weighted by Crippen LogP contribution is 2.33. The summed E-state index contributed by atoms with van der Waals surface area (Å²) in [4.78, 5) is 0. The van der Waals surface area contributed by atoms with Crippen molar-refractivity contribution in [2.75, 3.05) is 13.7 Å². The van der Waals surface area contributed by atoms with Crippen molar-refractivity contribution in [1.82, 2.24) is 0 Å². The number of hydrogen-bond donors (Lipinski definition) is 0. The van der Waals surface area contributed by atoms with E-state index in [0.717, 1.165) is 6.04 Å². The van der Waals surface area contributed by atoms with Crippen LogP contribution in [0.3, 0.4) is 0 Å². The Bertz CT molecular complexity index is 276. The van der Waals surface area contributed by atoms with E-state index in [2.05, 4.69) is 29.9 Å². The smallest absolute Gasteiger partial charge is 0.310 e. The predicted octanol–water partition coefficient (Wildman–Crippen LogP) is 2.82. The lowest BCUT2D eigenvalue weighted by atomic mass is 10.3. The molecule has 1 aliphatic heterocycles. The van der Waals surface area contributed by atoms with Crippen LogP contribution in [0.5, 0.6) is 0 Å². The summed E-state index contributed by atoms with van der Waals surface area (Å²) in [5.41, 5.74) is -0.671. The van der Waals surface area contributed by atoms with Crippen LogP contribution in [0.1, 0.15) is 13.8 Å². The Labute approximate surface area is 98.2 Å². The quantitative estimate of drug-likeness (QED) is 0.553. The van der Waals surface area contributed by atoms with E-state index in [1.165, 1.54) is 7.11 Å². The van der Waals surface area contributed by atoms with Crippen LogP contribution in [-0.2, 0) is 14.2 Å². The summed E-state index contributed by atoms with van der Waals surface area (Å²) in [6.45, 7) is 11.1. The summed E-state index contributed by atoms with van der Waals surface area (Å²) in [6.07, 6.45) is -1.33. The van der Waals surface area contributed by atoms with Gasteiger partial charge in [-0.15, -0.1) is 0 Å². The van der Waals surface area contributed by atoms with Crippen LogP contribution >= 0.6 is 0 Å². The van der Waals surface area contributed by atoms with Gasteiger partial charge in [-0.05, 0) is 19.9 Å². The largest absolute Gasteiger partial charge is 0.414 e. The molecule has 1 unspecified atom stereocenters. The molecular weight excluding hydrogens is 224 g/mol. The summed E-state index contributed by atoms with van der Waals surface area (Å²) >= 11 is 0. The summed E-state index contributed by atoms with van der Waals surface area (Å²) in [7, 11) is 0.390. The Hall–Kier alpha value is -0.303. The lowest BCUT2D eigenvalue weighted by Gasteiger charge is -2.26. The van der Waals surface area contributed by atoms with Crippen molar-refractivity contribution in [3.8, 4) is 0 Å². The van der Waals surface area contributed by atoms with Gasteiger partial charge < -0.3 is 9.47 Å². The highest BCUT2D eigenvalue weighted by molar-refractivity contribution is 6.76. The van der Waals surface area contributed by atoms with Gasteiger partial charge in [-0.1, -0.05) is 24.8 Å². The van der Waals surface area contributed by atoms with E-state index >= 15 is 0 Å². The first-order valence-corrected chi connectivity index (χ1v) is 9.22. The fraction of sp³-hybridized carbons (Fsp3) is 1.00. The molecule has 0 aromatic rings. The molecule has 5 nitrogen and oxygen atoms in total. The molecule has 6 heteroatoms. The van der Waals surface area contributed by atoms with Gasteiger partial charge in [0.1, 0.15) is 0 Å². The summed E-state index contributed by atoms with van der Waals surface area (Å²) < 4.78 is 16.3. The molecule has 0 aromatic heterocycles. The minimum absolute atomic E-state index is 0.582. The van der Waals surface area contributed by atoms with Crippen LogP contribution in [0.4, 0.5) is 0 Å². The second kappa shape index (κ2) is 4.52. The summed E-state index contributed by atoms with van der Waals surface area (Å²) in [6, 6.07) is 1.04. The average molecular weight is 246 g/mol. The molecule has 0 saturated carbocycles. The number of ether oxygens (including phenoxy) is 3. The van der Waals surface area contributed by atoms with E-state index in [0.29, 0.717) is 6.61 Å². The first kappa shape index (κ1) is 13.8. The molecule has 0 bridgehead atoms. The van der Waals surface area contributed by atoms with E-state index in [-0.39, 0.29) is 0 Å². The van der Waals surface area contributed by atoms with Crippen LogP contribution in [0, 0.1) is 0 Å². The molecule has 0 spiro atoms. The van der Waals surface area contributed by atoms with Gasteiger partial charge in [0.25, 0.3) is 0 Å². The van der Waals surface area contributed by atoms with Gasteiger partial charge in [-0.2, -0.15) is 5.11 Å². The monoisotopic (exact) mass is 246 g/mol. The SMILES string of the molecule is COC1(OCC[Si](C)(C)C)N=NC(C)(C)O1. The first-order chi connectivity index (χ1) is 7.18. The molecule has 0 amide bonds. The van der Waals surface area contributed by atoms with Crippen molar-refractivity contribution in [2.45, 2.75) is 51.4 Å². The van der Waals surface area contributed by atoms with Crippen molar-refractivity contribution >= 4 is 8.07 Å². The Morgan fingerprint density at radius 2 is 1.81 bits per heavy atom. The lowest BCUT2D eigenvalue weighted by Crippen LogP contribution is -2.39. The highest BCUT2D eigenvalue weighted by Gasteiger charge is 2.45.